The van der Waals surface area contributed by atoms with Gasteiger partial charge in [-0.2, -0.15) is 0 Å². The normalized spacial score (nSPS) is 23.3. The second-order valence-corrected chi connectivity index (χ2v) is 4.57. The van der Waals surface area contributed by atoms with Crippen LogP contribution in [-0.2, 0) is 0 Å². The van der Waals surface area contributed by atoms with Gasteiger partial charge in [0.2, 0.25) is 0 Å². The summed E-state index contributed by atoms with van der Waals surface area (Å²) < 4.78 is 5.81. The average molecular weight is 234 g/mol. The first-order valence-electron chi connectivity index (χ1n) is 6.49. The van der Waals surface area contributed by atoms with E-state index < -0.39 is 0 Å². The van der Waals surface area contributed by atoms with Gasteiger partial charge in [0.05, 0.1) is 12.1 Å². The van der Waals surface area contributed by atoms with Crippen LogP contribution >= 0.6 is 0 Å². The van der Waals surface area contributed by atoms with Gasteiger partial charge in [-0.25, -0.2) is 0 Å². The molecule has 0 radical (unpaired) electrons. The maximum atomic E-state index is 6.38. The second-order valence-electron chi connectivity index (χ2n) is 4.57. The van der Waals surface area contributed by atoms with Gasteiger partial charge >= 0.3 is 0 Å². The molecule has 94 valence electrons. The molecule has 2 rings (SSSR count). The molecule has 1 heterocycles. The van der Waals surface area contributed by atoms with Crippen molar-refractivity contribution in [3.8, 4) is 5.75 Å². The Hall–Kier alpha value is -1.06. The van der Waals surface area contributed by atoms with Gasteiger partial charge in [0.1, 0.15) is 12.4 Å². The quantitative estimate of drug-likeness (QED) is 0.868. The molecule has 1 aromatic carbocycles. The summed E-state index contributed by atoms with van der Waals surface area (Å²) in [4.78, 5) is 2.42. The Bertz CT molecular complexity index is 367. The molecule has 0 bridgehead atoms. The van der Waals surface area contributed by atoms with E-state index in [1.54, 1.807) is 0 Å². The lowest BCUT2D eigenvalue weighted by Gasteiger charge is -2.38. The zero-order valence-corrected chi connectivity index (χ0v) is 10.7. The first kappa shape index (κ1) is 12.4. The van der Waals surface area contributed by atoms with E-state index in [0.29, 0.717) is 12.6 Å². The van der Waals surface area contributed by atoms with E-state index in [1.807, 2.05) is 18.2 Å². The Morgan fingerprint density at radius 2 is 2.12 bits per heavy atom. The second kappa shape index (κ2) is 5.52. The van der Waals surface area contributed by atoms with Crippen LogP contribution in [0.3, 0.4) is 0 Å². The Balaban J connectivity index is 2.18. The predicted octanol–water partition coefficient (Wildman–Crippen LogP) is 2.18. The Labute approximate surface area is 104 Å². The molecule has 0 aliphatic carbocycles. The minimum Gasteiger partial charge on any atom is -0.492 e. The average Bonchev–Trinajstić information content (AvgIpc) is 2.37. The fourth-order valence-electron chi connectivity index (χ4n) is 2.55. The van der Waals surface area contributed by atoms with Crippen molar-refractivity contribution in [2.45, 2.75) is 32.4 Å². The third-order valence-corrected chi connectivity index (χ3v) is 3.49. The fraction of sp³-hybridized carbons (Fsp3) is 0.571. The van der Waals surface area contributed by atoms with Gasteiger partial charge in [0.15, 0.2) is 0 Å². The van der Waals surface area contributed by atoms with E-state index in [2.05, 4.69) is 24.8 Å². The van der Waals surface area contributed by atoms with Crippen molar-refractivity contribution in [3.63, 3.8) is 0 Å². The van der Waals surface area contributed by atoms with E-state index >= 15 is 0 Å². The van der Waals surface area contributed by atoms with E-state index in [9.17, 15) is 0 Å². The van der Waals surface area contributed by atoms with Crippen molar-refractivity contribution in [1.29, 1.82) is 0 Å². The van der Waals surface area contributed by atoms with Gasteiger partial charge in [-0.15, -0.1) is 0 Å². The molecule has 0 spiro atoms. The first-order valence-corrected chi connectivity index (χ1v) is 6.49. The smallest absolute Gasteiger partial charge is 0.124 e. The minimum atomic E-state index is 0.0615. The maximum Gasteiger partial charge on any atom is 0.124 e. The summed E-state index contributed by atoms with van der Waals surface area (Å²) in [6, 6.07) is 8.46. The molecule has 2 N–H and O–H groups in total. The zero-order valence-electron chi connectivity index (χ0n) is 10.7. The molecule has 3 nitrogen and oxygen atoms in total. The molecule has 17 heavy (non-hydrogen) atoms. The van der Waals surface area contributed by atoms with Crippen molar-refractivity contribution in [3.05, 3.63) is 29.8 Å². The fourth-order valence-corrected chi connectivity index (χ4v) is 2.55. The molecule has 2 unspecified atom stereocenters. The number of nitrogens with two attached hydrogens (primary N) is 1. The van der Waals surface area contributed by atoms with Crippen molar-refractivity contribution in [2.75, 3.05) is 19.7 Å². The lowest BCUT2D eigenvalue weighted by Crippen LogP contribution is -2.48. The Morgan fingerprint density at radius 3 is 2.82 bits per heavy atom. The van der Waals surface area contributed by atoms with Gasteiger partial charge in [-0.3, -0.25) is 4.90 Å². The zero-order chi connectivity index (χ0) is 12.3. The topological polar surface area (TPSA) is 38.5 Å². The molecule has 0 amide bonds. The lowest BCUT2D eigenvalue weighted by atomic mass is 9.96. The number of likely N-dealkylation sites (N-methyl/N-ethyl adjacent to an activating group) is 1. The largest absolute Gasteiger partial charge is 0.492 e. The molecule has 0 saturated carbocycles. The summed E-state index contributed by atoms with van der Waals surface area (Å²) in [5.41, 5.74) is 7.51. The monoisotopic (exact) mass is 234 g/mol. The number of benzene rings is 1. The molecule has 0 fully saturated rings. The van der Waals surface area contributed by atoms with Gasteiger partial charge < -0.3 is 10.5 Å². The van der Waals surface area contributed by atoms with Crippen molar-refractivity contribution >= 4 is 0 Å². The maximum absolute atomic E-state index is 6.38. The van der Waals surface area contributed by atoms with E-state index in [1.165, 1.54) is 0 Å². The Kier molecular flexibility index (Phi) is 4.02. The molecular weight excluding hydrogens is 212 g/mol. The minimum absolute atomic E-state index is 0.0615. The summed E-state index contributed by atoms with van der Waals surface area (Å²) >= 11 is 0. The number of para-hydroxylation sites is 1. The highest BCUT2D eigenvalue weighted by atomic mass is 16.5. The summed E-state index contributed by atoms with van der Waals surface area (Å²) in [5.74, 6) is 0.948. The predicted molar refractivity (Wildman–Crippen MR) is 70.2 cm³/mol. The van der Waals surface area contributed by atoms with Gasteiger partial charge in [0, 0.05) is 5.56 Å². The molecule has 2 atom stereocenters. The molecule has 0 saturated heterocycles. The summed E-state index contributed by atoms with van der Waals surface area (Å²) in [6.45, 7) is 7.19. The highest BCUT2D eigenvalue weighted by Gasteiger charge is 2.31. The van der Waals surface area contributed by atoms with Crippen LogP contribution in [0.15, 0.2) is 24.3 Å². The summed E-state index contributed by atoms with van der Waals surface area (Å²) in [5, 5.41) is 0. The highest BCUT2D eigenvalue weighted by molar-refractivity contribution is 5.38. The van der Waals surface area contributed by atoms with Crippen LogP contribution in [0.1, 0.15) is 31.9 Å². The van der Waals surface area contributed by atoms with E-state index in [-0.39, 0.29) is 6.04 Å². The summed E-state index contributed by atoms with van der Waals surface area (Å²) in [6.07, 6.45) is 1.15. The highest BCUT2D eigenvalue weighted by Crippen LogP contribution is 2.32. The van der Waals surface area contributed by atoms with Gasteiger partial charge in [0.25, 0.3) is 0 Å². The van der Waals surface area contributed by atoms with Crippen molar-refractivity contribution < 1.29 is 4.74 Å². The van der Waals surface area contributed by atoms with Crippen LogP contribution in [0.5, 0.6) is 5.75 Å². The molecule has 0 aromatic heterocycles. The number of fused-ring (bicyclic) bond motifs is 1. The molecular formula is C14H22N2O. The van der Waals surface area contributed by atoms with E-state index in [0.717, 1.165) is 30.8 Å². The van der Waals surface area contributed by atoms with E-state index in [4.69, 9.17) is 10.5 Å². The third kappa shape index (κ3) is 2.45. The molecule has 1 aliphatic rings. The number of hydrogen-bond donors (Lipinski definition) is 1. The molecule has 3 heteroatoms. The Morgan fingerprint density at radius 1 is 1.35 bits per heavy atom. The number of nitrogens with zero attached hydrogens (tertiary/aromatic N) is 1. The number of hydrogen-bond acceptors (Lipinski definition) is 3. The first-order chi connectivity index (χ1) is 8.27. The summed E-state index contributed by atoms with van der Waals surface area (Å²) in [7, 11) is 0. The van der Waals surface area contributed by atoms with Crippen molar-refractivity contribution in [1.82, 2.24) is 4.90 Å². The van der Waals surface area contributed by atoms with Crippen LogP contribution < -0.4 is 10.5 Å². The van der Waals surface area contributed by atoms with Crippen LogP contribution in [-0.4, -0.2) is 30.6 Å². The standard InChI is InChI=1S/C14H22N2O/c1-3-9-16(4-2)12-10-17-13-8-6-5-7-11(13)14(12)15/h5-8,12,14H,3-4,9-10,15H2,1-2H3. The molecule has 1 aliphatic heterocycles. The number of rotatable bonds is 4. The van der Waals surface area contributed by atoms with Crippen LogP contribution in [0.2, 0.25) is 0 Å². The van der Waals surface area contributed by atoms with Crippen LogP contribution in [0.25, 0.3) is 0 Å². The van der Waals surface area contributed by atoms with Gasteiger partial charge in [-0.05, 0) is 25.6 Å². The van der Waals surface area contributed by atoms with Crippen LogP contribution in [0, 0.1) is 0 Å². The SMILES string of the molecule is CCCN(CC)C1COc2ccccc2C1N. The van der Waals surface area contributed by atoms with Crippen LogP contribution in [0.4, 0.5) is 0 Å². The van der Waals surface area contributed by atoms with Crippen molar-refractivity contribution in [2.24, 2.45) is 5.73 Å². The molecule has 1 aromatic rings. The van der Waals surface area contributed by atoms with Gasteiger partial charge in [-0.1, -0.05) is 32.0 Å². The lowest BCUT2D eigenvalue weighted by molar-refractivity contribution is 0.102. The third-order valence-electron chi connectivity index (χ3n) is 3.49. The number of ether oxygens (including phenoxy) is 1.